The smallest absolute Gasteiger partial charge is 0.258 e. The van der Waals surface area contributed by atoms with Crippen LogP contribution in [0.25, 0.3) is 10.2 Å². The van der Waals surface area contributed by atoms with Crippen molar-refractivity contribution >= 4 is 27.5 Å². The number of carbonyl (C=O) groups excluding carboxylic acids is 1. The summed E-state index contributed by atoms with van der Waals surface area (Å²) >= 11 is 1.76. The molecule has 154 valence electrons. The number of carbonyl (C=O) groups is 1. The normalized spacial score (nSPS) is 34.9. The molecular weight excluding hydrogens is 382 g/mol. The summed E-state index contributed by atoms with van der Waals surface area (Å²) in [5.74, 6) is 3.79. The lowest BCUT2D eigenvalue weighted by molar-refractivity contribution is -0.128. The highest BCUT2D eigenvalue weighted by molar-refractivity contribution is 7.18. The maximum Gasteiger partial charge on any atom is 0.258 e. The molecular formula is C23H29N3O2S. The number of nitrogens with zero attached hydrogens (tertiary/aromatic N) is 2. The third kappa shape index (κ3) is 3.15. The van der Waals surface area contributed by atoms with E-state index in [9.17, 15) is 4.79 Å². The van der Waals surface area contributed by atoms with Crippen LogP contribution in [0.5, 0.6) is 5.88 Å². The van der Waals surface area contributed by atoms with Gasteiger partial charge in [0.1, 0.15) is 11.2 Å². The van der Waals surface area contributed by atoms with Gasteiger partial charge >= 0.3 is 0 Å². The van der Waals surface area contributed by atoms with Crippen molar-refractivity contribution in [1.29, 1.82) is 0 Å². The fourth-order valence-electron chi connectivity index (χ4n) is 7.09. The third-order valence-electron chi connectivity index (χ3n) is 7.84. The molecule has 1 amide bonds. The number of aromatic nitrogens is 2. The van der Waals surface area contributed by atoms with Gasteiger partial charge in [-0.2, -0.15) is 0 Å². The first-order valence-corrected chi connectivity index (χ1v) is 12.1. The zero-order valence-electron chi connectivity index (χ0n) is 17.1. The summed E-state index contributed by atoms with van der Waals surface area (Å²) in [4.78, 5) is 24.1. The van der Waals surface area contributed by atoms with Gasteiger partial charge in [-0.3, -0.25) is 4.79 Å². The van der Waals surface area contributed by atoms with Crippen LogP contribution in [0.4, 0.5) is 0 Å². The molecule has 0 unspecified atom stereocenters. The molecule has 1 atom stereocenters. The van der Waals surface area contributed by atoms with Gasteiger partial charge in [0.2, 0.25) is 5.88 Å². The Morgan fingerprint density at radius 1 is 1.21 bits per heavy atom. The van der Waals surface area contributed by atoms with Crippen LogP contribution >= 0.6 is 11.3 Å². The summed E-state index contributed by atoms with van der Waals surface area (Å²) < 4.78 is 5.99. The van der Waals surface area contributed by atoms with Gasteiger partial charge in [0, 0.05) is 10.4 Å². The predicted octanol–water partition coefficient (Wildman–Crippen LogP) is 4.28. The van der Waals surface area contributed by atoms with Gasteiger partial charge in [0.05, 0.1) is 5.39 Å². The highest BCUT2D eigenvalue weighted by atomic mass is 32.1. The molecule has 5 aliphatic rings. The van der Waals surface area contributed by atoms with E-state index in [-0.39, 0.29) is 18.1 Å². The van der Waals surface area contributed by atoms with Crippen molar-refractivity contribution in [3.8, 4) is 5.88 Å². The van der Waals surface area contributed by atoms with Crippen LogP contribution in [-0.2, 0) is 17.6 Å². The van der Waals surface area contributed by atoms with E-state index in [0.717, 1.165) is 46.7 Å². The lowest BCUT2D eigenvalue weighted by Crippen LogP contribution is -2.60. The van der Waals surface area contributed by atoms with E-state index in [4.69, 9.17) is 4.74 Å². The van der Waals surface area contributed by atoms with Gasteiger partial charge in [0.15, 0.2) is 6.61 Å². The van der Waals surface area contributed by atoms with Crippen LogP contribution in [0.15, 0.2) is 6.33 Å². The van der Waals surface area contributed by atoms with E-state index in [0.29, 0.717) is 5.88 Å². The van der Waals surface area contributed by atoms with E-state index in [1.165, 1.54) is 55.4 Å². The van der Waals surface area contributed by atoms with Crippen LogP contribution in [-0.4, -0.2) is 28.0 Å². The minimum absolute atomic E-state index is 0.0106. The number of amides is 1. The predicted molar refractivity (Wildman–Crippen MR) is 113 cm³/mol. The van der Waals surface area contributed by atoms with Crippen LogP contribution in [0, 0.1) is 23.7 Å². The zero-order chi connectivity index (χ0) is 19.6. The molecule has 2 aromatic rings. The quantitative estimate of drug-likeness (QED) is 0.816. The topological polar surface area (TPSA) is 64.1 Å². The molecule has 0 aromatic carbocycles. The van der Waals surface area contributed by atoms with E-state index in [2.05, 4.69) is 22.2 Å². The summed E-state index contributed by atoms with van der Waals surface area (Å²) in [7, 11) is 0. The number of nitrogens with one attached hydrogen (secondary N) is 1. The Kier molecular flexibility index (Phi) is 4.16. The Hall–Kier alpha value is -1.69. The van der Waals surface area contributed by atoms with E-state index in [1.54, 1.807) is 17.7 Å². The Morgan fingerprint density at radius 2 is 1.93 bits per heavy atom. The van der Waals surface area contributed by atoms with E-state index >= 15 is 0 Å². The molecule has 0 radical (unpaired) electrons. The number of ether oxygens (including phenoxy) is 1. The second-order valence-corrected chi connectivity index (χ2v) is 11.3. The van der Waals surface area contributed by atoms with Gasteiger partial charge in [0.25, 0.3) is 5.91 Å². The van der Waals surface area contributed by atoms with Gasteiger partial charge in [-0.05, 0) is 87.0 Å². The molecule has 0 spiro atoms. The van der Waals surface area contributed by atoms with Crippen molar-refractivity contribution in [2.75, 3.05) is 6.61 Å². The van der Waals surface area contributed by atoms with Crippen molar-refractivity contribution in [2.24, 2.45) is 23.7 Å². The minimum atomic E-state index is 0.0106. The first-order valence-electron chi connectivity index (χ1n) is 11.3. The molecule has 7 rings (SSSR count). The monoisotopic (exact) mass is 411 g/mol. The average molecular weight is 412 g/mol. The van der Waals surface area contributed by atoms with Gasteiger partial charge in [-0.25, -0.2) is 9.97 Å². The zero-order valence-corrected chi connectivity index (χ0v) is 17.9. The molecule has 2 aromatic heterocycles. The fraction of sp³-hybridized carbons (Fsp3) is 0.696. The molecule has 4 bridgehead atoms. The van der Waals surface area contributed by atoms with E-state index < -0.39 is 0 Å². The molecule has 5 nitrogen and oxygen atoms in total. The summed E-state index contributed by atoms with van der Waals surface area (Å²) in [5.41, 5.74) is 1.38. The fourth-order valence-corrected chi connectivity index (χ4v) is 8.43. The Morgan fingerprint density at radius 3 is 2.66 bits per heavy atom. The molecule has 1 N–H and O–H groups in total. The van der Waals surface area contributed by atoms with Crippen LogP contribution < -0.4 is 10.1 Å². The number of hydrogen-bond acceptors (Lipinski definition) is 5. The molecule has 6 heteroatoms. The number of aryl methyl sites for hydroxylation is 1. The van der Waals surface area contributed by atoms with Crippen molar-refractivity contribution in [2.45, 2.75) is 70.3 Å². The standard InChI is InChI=1S/C23H29N3O2S/c1-13-2-3-17-18(4-13)29-22-20(17)21(24-12-25-22)28-11-19(27)26-23-8-14-5-15(9-23)7-16(6-14)10-23/h12-16H,2-11H2,1H3,(H,26,27)/t13-,14?,15?,16?,23?/m1/s1. The second-order valence-electron chi connectivity index (χ2n) is 10.2. The van der Waals surface area contributed by atoms with E-state index in [1.807, 2.05) is 0 Å². The van der Waals surface area contributed by atoms with Crippen LogP contribution in [0.1, 0.15) is 62.3 Å². The highest BCUT2D eigenvalue weighted by Gasteiger charge is 2.51. The van der Waals surface area contributed by atoms with Crippen molar-refractivity contribution in [3.05, 3.63) is 16.8 Å². The lowest BCUT2D eigenvalue weighted by atomic mass is 9.53. The maximum atomic E-state index is 12.8. The molecule has 4 saturated carbocycles. The number of fused-ring (bicyclic) bond motifs is 3. The van der Waals surface area contributed by atoms with Crippen LogP contribution in [0.2, 0.25) is 0 Å². The van der Waals surface area contributed by atoms with Gasteiger partial charge in [-0.1, -0.05) is 6.92 Å². The van der Waals surface area contributed by atoms with Gasteiger partial charge < -0.3 is 10.1 Å². The summed E-state index contributed by atoms with van der Waals surface area (Å²) in [5, 5.41) is 4.44. The molecule has 4 fully saturated rings. The van der Waals surface area contributed by atoms with Crippen molar-refractivity contribution in [1.82, 2.24) is 15.3 Å². The Bertz CT molecular complexity index is 933. The average Bonchev–Trinajstić information content (AvgIpc) is 3.02. The first-order chi connectivity index (χ1) is 14.1. The van der Waals surface area contributed by atoms with Crippen LogP contribution in [0.3, 0.4) is 0 Å². The molecule has 5 aliphatic carbocycles. The number of hydrogen-bond donors (Lipinski definition) is 1. The second kappa shape index (κ2) is 6.66. The maximum absolute atomic E-state index is 12.8. The number of thiophene rings is 1. The molecule has 2 heterocycles. The third-order valence-corrected chi connectivity index (χ3v) is 9.00. The first kappa shape index (κ1) is 18.1. The summed E-state index contributed by atoms with van der Waals surface area (Å²) in [6.45, 7) is 2.36. The lowest BCUT2D eigenvalue weighted by Gasteiger charge is -2.56. The summed E-state index contributed by atoms with van der Waals surface area (Å²) in [6.07, 6.45) is 12.6. The summed E-state index contributed by atoms with van der Waals surface area (Å²) in [6, 6.07) is 0. The molecule has 0 saturated heterocycles. The largest absolute Gasteiger partial charge is 0.467 e. The van der Waals surface area contributed by atoms with Crippen molar-refractivity contribution in [3.63, 3.8) is 0 Å². The highest BCUT2D eigenvalue weighted by Crippen LogP contribution is 2.55. The molecule has 0 aliphatic heterocycles. The minimum Gasteiger partial charge on any atom is -0.467 e. The van der Waals surface area contributed by atoms with Crippen molar-refractivity contribution < 1.29 is 9.53 Å². The Labute approximate surface area is 175 Å². The molecule has 29 heavy (non-hydrogen) atoms. The Balaban J connectivity index is 1.18. The van der Waals surface area contributed by atoms with Gasteiger partial charge in [-0.15, -0.1) is 11.3 Å². The SMILES string of the molecule is C[C@@H]1CCc2c(sc3ncnc(OCC(=O)NC45CC6CC(CC(C6)C4)C5)c23)C1. The number of rotatable bonds is 4.